The van der Waals surface area contributed by atoms with Crippen LogP contribution in [0.3, 0.4) is 0 Å². The smallest absolute Gasteiger partial charge is 0.236 e. The van der Waals surface area contributed by atoms with Crippen molar-refractivity contribution in [1.82, 2.24) is 9.80 Å². The highest BCUT2D eigenvalue weighted by atomic mass is 16.5. The Bertz CT molecular complexity index is 517. The Hall–Kier alpha value is -1.39. The van der Waals surface area contributed by atoms with E-state index < -0.39 is 0 Å². The van der Waals surface area contributed by atoms with E-state index >= 15 is 0 Å². The minimum atomic E-state index is 0.249. The lowest BCUT2D eigenvalue weighted by Crippen LogP contribution is -2.46. The zero-order valence-electron chi connectivity index (χ0n) is 14.3. The van der Waals surface area contributed by atoms with E-state index in [-0.39, 0.29) is 5.91 Å². The van der Waals surface area contributed by atoms with Crippen molar-refractivity contribution in [2.45, 2.75) is 45.2 Å². The minimum absolute atomic E-state index is 0.249. The molecule has 0 aromatic heterocycles. The van der Waals surface area contributed by atoms with E-state index in [4.69, 9.17) is 4.74 Å². The molecule has 1 aliphatic carbocycles. The van der Waals surface area contributed by atoms with Gasteiger partial charge in [-0.3, -0.25) is 9.69 Å². The normalized spacial score (nSPS) is 18.7. The molecule has 126 valence electrons. The molecular formula is C19H28N2O2. The van der Waals surface area contributed by atoms with E-state index in [1.165, 1.54) is 24.0 Å². The molecule has 3 rings (SSSR count). The summed E-state index contributed by atoms with van der Waals surface area (Å²) in [6, 6.07) is 9.45. The van der Waals surface area contributed by atoms with Crippen LogP contribution < -0.4 is 0 Å². The van der Waals surface area contributed by atoms with Gasteiger partial charge >= 0.3 is 0 Å². The van der Waals surface area contributed by atoms with Crippen LogP contribution >= 0.6 is 0 Å². The summed E-state index contributed by atoms with van der Waals surface area (Å²) >= 11 is 0. The first kappa shape index (κ1) is 16.5. The first-order valence-corrected chi connectivity index (χ1v) is 8.82. The van der Waals surface area contributed by atoms with Crippen molar-refractivity contribution in [1.29, 1.82) is 0 Å². The number of amides is 1. The number of hydrogen-bond donors (Lipinski definition) is 0. The third kappa shape index (κ3) is 4.55. The van der Waals surface area contributed by atoms with Crippen LogP contribution in [0.4, 0.5) is 0 Å². The number of hydrogen-bond acceptors (Lipinski definition) is 3. The van der Waals surface area contributed by atoms with Crippen molar-refractivity contribution < 1.29 is 9.53 Å². The Morgan fingerprint density at radius 1 is 1.22 bits per heavy atom. The summed E-state index contributed by atoms with van der Waals surface area (Å²) in [5.41, 5.74) is 2.67. The highest BCUT2D eigenvalue weighted by Crippen LogP contribution is 2.28. The van der Waals surface area contributed by atoms with Crippen molar-refractivity contribution in [3.8, 4) is 0 Å². The molecular weight excluding hydrogens is 288 g/mol. The van der Waals surface area contributed by atoms with E-state index in [1.54, 1.807) is 0 Å². The van der Waals surface area contributed by atoms with Gasteiger partial charge < -0.3 is 9.64 Å². The van der Waals surface area contributed by atoms with Gasteiger partial charge in [0.1, 0.15) is 0 Å². The summed E-state index contributed by atoms with van der Waals surface area (Å²) in [5.74, 6) is 0.811. The molecule has 0 atom stereocenters. The molecule has 1 aliphatic heterocycles. The predicted molar refractivity (Wildman–Crippen MR) is 91.4 cm³/mol. The summed E-state index contributed by atoms with van der Waals surface area (Å²) in [7, 11) is 0. The summed E-state index contributed by atoms with van der Waals surface area (Å²) in [6.45, 7) is 8.66. The average Bonchev–Trinajstić information content (AvgIpc) is 3.40. The van der Waals surface area contributed by atoms with Crippen molar-refractivity contribution in [2.24, 2.45) is 0 Å². The minimum Gasteiger partial charge on any atom is -0.378 e. The summed E-state index contributed by atoms with van der Waals surface area (Å²) in [6.07, 6.45) is 2.45. The third-order valence-corrected chi connectivity index (χ3v) is 4.80. The lowest BCUT2D eigenvalue weighted by atomic mass is 10.0. The standard InChI is InChI=1S/C19H28N2O2/c1-15(2)17-5-3-16(4-6-17)13-21(18-7-8-18)14-19(22)20-9-11-23-12-10-20/h3-6,15,18H,7-14H2,1-2H3. The Morgan fingerprint density at radius 2 is 1.87 bits per heavy atom. The van der Waals surface area contributed by atoms with Gasteiger partial charge in [-0.25, -0.2) is 0 Å². The fraction of sp³-hybridized carbons (Fsp3) is 0.632. The van der Waals surface area contributed by atoms with Crippen LogP contribution in [-0.4, -0.2) is 54.6 Å². The zero-order chi connectivity index (χ0) is 16.2. The van der Waals surface area contributed by atoms with E-state index in [9.17, 15) is 4.79 Å². The van der Waals surface area contributed by atoms with Crippen molar-refractivity contribution >= 4 is 5.91 Å². The Kier molecular flexibility index (Phi) is 5.34. The molecule has 4 nitrogen and oxygen atoms in total. The maximum atomic E-state index is 12.5. The number of ether oxygens (including phenoxy) is 1. The maximum absolute atomic E-state index is 12.5. The lowest BCUT2D eigenvalue weighted by Gasteiger charge is -2.30. The van der Waals surface area contributed by atoms with Crippen molar-refractivity contribution in [3.63, 3.8) is 0 Å². The molecule has 0 unspecified atom stereocenters. The van der Waals surface area contributed by atoms with Crippen molar-refractivity contribution in [3.05, 3.63) is 35.4 Å². The van der Waals surface area contributed by atoms with Crippen LogP contribution in [0.15, 0.2) is 24.3 Å². The quantitative estimate of drug-likeness (QED) is 0.809. The highest BCUT2D eigenvalue weighted by Gasteiger charge is 2.31. The van der Waals surface area contributed by atoms with Gasteiger partial charge in [-0.2, -0.15) is 0 Å². The van der Waals surface area contributed by atoms with Crippen LogP contribution in [0, 0.1) is 0 Å². The maximum Gasteiger partial charge on any atom is 0.236 e. The molecule has 23 heavy (non-hydrogen) atoms. The molecule has 2 aliphatic rings. The van der Waals surface area contributed by atoms with Crippen LogP contribution in [0.25, 0.3) is 0 Å². The summed E-state index contributed by atoms with van der Waals surface area (Å²) in [5, 5.41) is 0. The monoisotopic (exact) mass is 316 g/mol. The van der Waals surface area contributed by atoms with Gasteiger partial charge in [0.05, 0.1) is 19.8 Å². The number of nitrogens with zero attached hydrogens (tertiary/aromatic N) is 2. The molecule has 0 bridgehead atoms. The average molecular weight is 316 g/mol. The number of rotatable bonds is 6. The molecule has 1 amide bonds. The Balaban J connectivity index is 1.59. The van der Waals surface area contributed by atoms with Gasteiger partial charge in [0.25, 0.3) is 0 Å². The lowest BCUT2D eigenvalue weighted by molar-refractivity contribution is -0.136. The van der Waals surface area contributed by atoms with Gasteiger partial charge in [0, 0.05) is 25.7 Å². The van der Waals surface area contributed by atoms with Gasteiger partial charge in [-0.1, -0.05) is 38.1 Å². The van der Waals surface area contributed by atoms with Crippen LogP contribution in [0.2, 0.25) is 0 Å². The van der Waals surface area contributed by atoms with E-state index in [2.05, 4.69) is 43.0 Å². The van der Waals surface area contributed by atoms with Gasteiger partial charge in [0.2, 0.25) is 5.91 Å². The van der Waals surface area contributed by atoms with E-state index in [0.29, 0.717) is 31.7 Å². The van der Waals surface area contributed by atoms with E-state index in [1.807, 2.05) is 4.90 Å². The number of carbonyl (C=O) groups excluding carboxylic acids is 1. The molecule has 0 spiro atoms. The summed E-state index contributed by atoms with van der Waals surface area (Å²) in [4.78, 5) is 16.8. The second-order valence-corrected chi connectivity index (χ2v) is 7.03. The number of carbonyl (C=O) groups is 1. The van der Waals surface area contributed by atoms with Crippen LogP contribution in [0.5, 0.6) is 0 Å². The molecule has 1 heterocycles. The van der Waals surface area contributed by atoms with Crippen LogP contribution in [-0.2, 0) is 16.1 Å². The fourth-order valence-corrected chi connectivity index (χ4v) is 3.08. The summed E-state index contributed by atoms with van der Waals surface area (Å²) < 4.78 is 5.33. The zero-order valence-corrected chi connectivity index (χ0v) is 14.3. The fourth-order valence-electron chi connectivity index (χ4n) is 3.08. The molecule has 0 N–H and O–H groups in total. The Morgan fingerprint density at radius 3 is 2.43 bits per heavy atom. The molecule has 1 saturated heterocycles. The topological polar surface area (TPSA) is 32.8 Å². The molecule has 4 heteroatoms. The predicted octanol–water partition coefficient (Wildman–Crippen LogP) is 2.63. The van der Waals surface area contributed by atoms with Gasteiger partial charge in [-0.05, 0) is 29.9 Å². The first-order chi connectivity index (χ1) is 11.1. The number of benzene rings is 1. The molecule has 1 aromatic rings. The van der Waals surface area contributed by atoms with Crippen LogP contribution in [0.1, 0.15) is 43.7 Å². The second-order valence-electron chi connectivity index (χ2n) is 7.03. The van der Waals surface area contributed by atoms with Gasteiger partial charge in [0.15, 0.2) is 0 Å². The van der Waals surface area contributed by atoms with Gasteiger partial charge in [-0.15, -0.1) is 0 Å². The molecule has 1 saturated carbocycles. The highest BCUT2D eigenvalue weighted by molar-refractivity contribution is 5.78. The first-order valence-electron chi connectivity index (χ1n) is 8.82. The largest absolute Gasteiger partial charge is 0.378 e. The number of morpholine rings is 1. The van der Waals surface area contributed by atoms with Crippen molar-refractivity contribution in [2.75, 3.05) is 32.8 Å². The Labute approximate surface area is 139 Å². The SMILES string of the molecule is CC(C)c1ccc(CN(CC(=O)N2CCOCC2)C2CC2)cc1. The molecule has 1 aromatic carbocycles. The molecule has 2 fully saturated rings. The second kappa shape index (κ2) is 7.45. The third-order valence-electron chi connectivity index (χ3n) is 4.80. The molecule has 0 radical (unpaired) electrons. The van der Waals surface area contributed by atoms with E-state index in [0.717, 1.165) is 19.6 Å².